The molecule has 1 atom stereocenters. The molecule has 1 aliphatic carbocycles. The molecule has 0 bridgehead atoms. The van der Waals surface area contributed by atoms with Crippen molar-refractivity contribution >= 4 is 15.5 Å². The Kier molecular flexibility index (Phi) is 6.81. The van der Waals surface area contributed by atoms with Crippen LogP contribution < -0.4 is 5.32 Å². The van der Waals surface area contributed by atoms with E-state index in [-0.39, 0.29) is 5.75 Å². The Labute approximate surface area is 110 Å². The number of nitrogens with zero attached hydrogens (tertiary/aromatic N) is 1. The van der Waals surface area contributed by atoms with E-state index < -0.39 is 15.3 Å². The molecule has 0 aromatic rings. The van der Waals surface area contributed by atoms with Gasteiger partial charge in [-0.25, -0.2) is 8.42 Å². The Morgan fingerprint density at radius 2 is 1.94 bits per heavy atom. The fraction of sp³-hybridized carbons (Fsp3) is 0.917. The summed E-state index contributed by atoms with van der Waals surface area (Å²) in [7, 11) is -3.35. The lowest BCUT2D eigenvalue weighted by atomic mass is 9.99. The van der Waals surface area contributed by atoms with Crippen LogP contribution in [0, 0.1) is 0 Å². The first kappa shape index (κ1) is 15.6. The fourth-order valence-corrected chi connectivity index (χ4v) is 2.69. The normalized spacial score (nSPS) is 18.7. The van der Waals surface area contributed by atoms with Crippen molar-refractivity contribution in [3.05, 3.63) is 0 Å². The average Bonchev–Trinajstić information content (AvgIpc) is 2.34. The maximum Gasteiger partial charge on any atom is 0.177 e. The number of aliphatic hydroxyl groups excluding tert-OH is 1. The standard InChI is InChI=1S/C12H24N2O3S/c1-11(15)18(16,17)10-9-13-7-8-14-12-5-3-2-4-6-12/h11,13,15H,2-10H2,1H3. The highest BCUT2D eigenvalue weighted by molar-refractivity contribution is 7.91. The first-order valence-corrected chi connectivity index (χ1v) is 8.36. The zero-order chi connectivity index (χ0) is 13.4. The fourth-order valence-electron chi connectivity index (χ4n) is 1.92. The third-order valence-corrected chi connectivity index (χ3v) is 4.95. The molecular formula is C12H24N2O3S. The summed E-state index contributed by atoms with van der Waals surface area (Å²) in [5.41, 5.74) is 0.0291. The second-order valence-corrected chi connectivity index (χ2v) is 7.14. The van der Waals surface area contributed by atoms with E-state index in [2.05, 4.69) is 10.3 Å². The van der Waals surface area contributed by atoms with Crippen LogP contribution in [0.15, 0.2) is 4.99 Å². The van der Waals surface area contributed by atoms with Crippen LogP contribution in [0.4, 0.5) is 0 Å². The minimum Gasteiger partial charge on any atom is -0.377 e. The van der Waals surface area contributed by atoms with Crippen molar-refractivity contribution in [3.63, 3.8) is 0 Å². The lowest BCUT2D eigenvalue weighted by molar-refractivity contribution is 0.268. The van der Waals surface area contributed by atoms with E-state index in [0.717, 1.165) is 12.8 Å². The maximum atomic E-state index is 11.3. The van der Waals surface area contributed by atoms with Gasteiger partial charge in [0, 0.05) is 18.8 Å². The topological polar surface area (TPSA) is 78.8 Å². The largest absolute Gasteiger partial charge is 0.377 e. The zero-order valence-corrected chi connectivity index (χ0v) is 11.9. The summed E-state index contributed by atoms with van der Waals surface area (Å²) in [6, 6.07) is 0. The molecule has 1 unspecified atom stereocenters. The molecule has 18 heavy (non-hydrogen) atoms. The molecule has 1 saturated carbocycles. The van der Waals surface area contributed by atoms with Gasteiger partial charge in [-0.1, -0.05) is 6.42 Å². The van der Waals surface area contributed by atoms with Crippen LogP contribution in [-0.2, 0) is 9.84 Å². The molecule has 1 aliphatic rings. The summed E-state index contributed by atoms with van der Waals surface area (Å²) in [4.78, 5) is 4.51. The highest BCUT2D eigenvalue weighted by Crippen LogP contribution is 2.14. The van der Waals surface area contributed by atoms with Crippen molar-refractivity contribution in [3.8, 4) is 0 Å². The van der Waals surface area contributed by atoms with E-state index in [1.807, 2.05) is 0 Å². The number of rotatable bonds is 7. The summed E-state index contributed by atoms with van der Waals surface area (Å²) in [6.45, 7) is 3.06. The van der Waals surface area contributed by atoms with Crippen molar-refractivity contribution in [2.45, 2.75) is 44.5 Å². The van der Waals surface area contributed by atoms with E-state index in [0.29, 0.717) is 19.6 Å². The van der Waals surface area contributed by atoms with Crippen molar-refractivity contribution in [1.82, 2.24) is 5.32 Å². The van der Waals surface area contributed by atoms with Gasteiger partial charge in [-0.05, 0) is 32.6 Å². The van der Waals surface area contributed by atoms with E-state index in [1.54, 1.807) is 0 Å². The molecule has 0 spiro atoms. The van der Waals surface area contributed by atoms with Gasteiger partial charge in [0.1, 0.15) is 0 Å². The summed E-state index contributed by atoms with van der Waals surface area (Å²) in [6.07, 6.45) is 6.05. The first-order valence-electron chi connectivity index (χ1n) is 6.65. The average molecular weight is 276 g/mol. The van der Waals surface area contributed by atoms with Gasteiger partial charge in [-0.15, -0.1) is 0 Å². The Bertz CT molecular complexity index is 356. The molecule has 0 radical (unpaired) electrons. The lowest BCUT2D eigenvalue weighted by Crippen LogP contribution is -2.29. The van der Waals surface area contributed by atoms with E-state index in [9.17, 15) is 8.42 Å². The van der Waals surface area contributed by atoms with Gasteiger partial charge in [0.05, 0.1) is 12.3 Å². The van der Waals surface area contributed by atoms with Crippen LogP contribution >= 0.6 is 0 Å². The molecule has 5 nitrogen and oxygen atoms in total. The van der Waals surface area contributed by atoms with Gasteiger partial charge in [-0.2, -0.15) is 0 Å². The maximum absolute atomic E-state index is 11.3. The van der Waals surface area contributed by atoms with Crippen molar-refractivity contribution < 1.29 is 13.5 Å². The second kappa shape index (κ2) is 7.86. The van der Waals surface area contributed by atoms with Gasteiger partial charge < -0.3 is 10.4 Å². The molecule has 2 N–H and O–H groups in total. The van der Waals surface area contributed by atoms with Gasteiger partial charge >= 0.3 is 0 Å². The summed E-state index contributed by atoms with van der Waals surface area (Å²) in [5.74, 6) is -0.0265. The third-order valence-electron chi connectivity index (χ3n) is 3.14. The second-order valence-electron chi connectivity index (χ2n) is 4.72. The minimum atomic E-state index is -3.35. The molecule has 106 valence electrons. The molecule has 1 rings (SSSR count). The first-order chi connectivity index (χ1) is 8.52. The number of hydrogen-bond donors (Lipinski definition) is 2. The van der Waals surface area contributed by atoms with Gasteiger partial charge in [-0.3, -0.25) is 4.99 Å². The number of aliphatic hydroxyl groups is 1. The predicted molar refractivity (Wildman–Crippen MR) is 73.7 cm³/mol. The number of nitrogens with one attached hydrogen (secondary N) is 1. The molecule has 0 heterocycles. The lowest BCUT2D eigenvalue weighted by Gasteiger charge is -2.12. The van der Waals surface area contributed by atoms with Gasteiger partial charge in [0.25, 0.3) is 0 Å². The quantitative estimate of drug-likeness (QED) is 0.672. The van der Waals surface area contributed by atoms with Crippen molar-refractivity contribution in [1.29, 1.82) is 0 Å². The van der Waals surface area contributed by atoms with E-state index in [4.69, 9.17) is 5.11 Å². The van der Waals surface area contributed by atoms with Crippen molar-refractivity contribution in [2.24, 2.45) is 4.99 Å². The van der Waals surface area contributed by atoms with Gasteiger partial charge in [0.2, 0.25) is 0 Å². The van der Waals surface area contributed by atoms with Crippen LogP contribution in [0.1, 0.15) is 39.0 Å². The van der Waals surface area contributed by atoms with Crippen LogP contribution in [0.25, 0.3) is 0 Å². The smallest absolute Gasteiger partial charge is 0.177 e. The van der Waals surface area contributed by atoms with Crippen LogP contribution in [0.3, 0.4) is 0 Å². The van der Waals surface area contributed by atoms with E-state index >= 15 is 0 Å². The highest BCUT2D eigenvalue weighted by atomic mass is 32.2. The number of sulfone groups is 1. The highest BCUT2D eigenvalue weighted by Gasteiger charge is 2.16. The minimum absolute atomic E-state index is 0.0265. The molecule has 0 aromatic heterocycles. The molecule has 0 amide bonds. The van der Waals surface area contributed by atoms with Crippen LogP contribution in [0.2, 0.25) is 0 Å². The third kappa shape index (κ3) is 5.93. The Morgan fingerprint density at radius 1 is 1.28 bits per heavy atom. The van der Waals surface area contributed by atoms with Crippen LogP contribution in [0.5, 0.6) is 0 Å². The summed E-state index contributed by atoms with van der Waals surface area (Å²) >= 11 is 0. The van der Waals surface area contributed by atoms with Gasteiger partial charge in [0.15, 0.2) is 15.3 Å². The zero-order valence-electron chi connectivity index (χ0n) is 11.1. The van der Waals surface area contributed by atoms with E-state index in [1.165, 1.54) is 31.9 Å². The molecule has 0 aliphatic heterocycles. The molecule has 1 fully saturated rings. The van der Waals surface area contributed by atoms with Crippen molar-refractivity contribution in [2.75, 3.05) is 25.4 Å². The number of hydrogen-bond acceptors (Lipinski definition) is 5. The molecule has 0 saturated heterocycles. The SMILES string of the molecule is CC(O)S(=O)(=O)CCNCCN=C1CCCCC1. The summed E-state index contributed by atoms with van der Waals surface area (Å²) < 4.78 is 22.6. The number of aliphatic imine (C=N–C) groups is 1. The predicted octanol–water partition coefficient (Wildman–Crippen LogP) is 0.734. The molecule has 0 aromatic carbocycles. The Morgan fingerprint density at radius 3 is 2.56 bits per heavy atom. The molecule has 6 heteroatoms. The van der Waals surface area contributed by atoms with Crippen LogP contribution in [-0.4, -0.2) is 50.1 Å². The Balaban J connectivity index is 2.08. The Hall–Kier alpha value is -0.460. The molecular weight excluding hydrogens is 252 g/mol. The summed E-state index contributed by atoms with van der Waals surface area (Å²) in [5, 5.41) is 12.1. The monoisotopic (exact) mass is 276 g/mol.